The molecule has 18 heavy (non-hydrogen) atoms. The summed E-state index contributed by atoms with van der Waals surface area (Å²) in [4.78, 5) is 1.28. The lowest BCUT2D eigenvalue weighted by Crippen LogP contribution is -2.38. The van der Waals surface area contributed by atoms with E-state index in [9.17, 15) is 0 Å². The van der Waals surface area contributed by atoms with Crippen LogP contribution in [0.1, 0.15) is 22.4 Å². The molecule has 0 bridgehead atoms. The molecule has 5 heteroatoms. The summed E-state index contributed by atoms with van der Waals surface area (Å²) in [6.45, 7) is 0. The quantitative estimate of drug-likeness (QED) is 0.792. The molecule has 0 amide bonds. The fourth-order valence-electron chi connectivity index (χ4n) is 2.39. The fraction of sp³-hybridized carbons (Fsp3) is 0.231. The van der Waals surface area contributed by atoms with Crippen LogP contribution in [0.4, 0.5) is 0 Å². The molecule has 1 aliphatic rings. The molecular formula is C13H14ClN3S. The minimum atomic E-state index is -0.0902. The van der Waals surface area contributed by atoms with Gasteiger partial charge < -0.3 is 5.73 Å². The summed E-state index contributed by atoms with van der Waals surface area (Å²) in [6, 6.07) is 12.2. The van der Waals surface area contributed by atoms with Crippen molar-refractivity contribution in [3.8, 4) is 0 Å². The molecule has 3 rings (SSSR count). The maximum atomic E-state index is 6.14. The molecule has 3 unspecified atom stereocenters. The number of hydrogen-bond donors (Lipinski definition) is 3. The van der Waals surface area contributed by atoms with Crippen LogP contribution >= 0.6 is 22.9 Å². The Balaban J connectivity index is 1.96. The van der Waals surface area contributed by atoms with E-state index in [0.29, 0.717) is 0 Å². The first-order chi connectivity index (χ1) is 8.75. The lowest BCUT2D eigenvalue weighted by Gasteiger charge is -2.20. The van der Waals surface area contributed by atoms with Gasteiger partial charge in [0.15, 0.2) is 0 Å². The van der Waals surface area contributed by atoms with Gasteiger partial charge in [0, 0.05) is 15.8 Å². The second kappa shape index (κ2) is 4.99. The van der Waals surface area contributed by atoms with Gasteiger partial charge in [-0.3, -0.25) is 0 Å². The molecule has 2 aromatic rings. The van der Waals surface area contributed by atoms with E-state index in [0.717, 1.165) is 10.6 Å². The lowest BCUT2D eigenvalue weighted by molar-refractivity contribution is 0.550. The van der Waals surface area contributed by atoms with Crippen molar-refractivity contribution in [2.24, 2.45) is 5.73 Å². The van der Waals surface area contributed by atoms with Crippen molar-refractivity contribution < 1.29 is 0 Å². The van der Waals surface area contributed by atoms with Crippen molar-refractivity contribution in [1.29, 1.82) is 0 Å². The van der Waals surface area contributed by atoms with Gasteiger partial charge >= 0.3 is 0 Å². The normalized spacial score (nSPS) is 27.6. The van der Waals surface area contributed by atoms with Gasteiger partial charge in [-0.25, -0.2) is 10.9 Å². The van der Waals surface area contributed by atoms with E-state index in [-0.39, 0.29) is 18.1 Å². The third-order valence-electron chi connectivity index (χ3n) is 3.23. The molecule has 0 saturated carbocycles. The van der Waals surface area contributed by atoms with Crippen molar-refractivity contribution in [1.82, 2.24) is 10.9 Å². The van der Waals surface area contributed by atoms with Gasteiger partial charge in [-0.05, 0) is 29.1 Å². The summed E-state index contributed by atoms with van der Waals surface area (Å²) in [5.41, 5.74) is 13.7. The van der Waals surface area contributed by atoms with Gasteiger partial charge in [0.05, 0.1) is 12.2 Å². The van der Waals surface area contributed by atoms with Gasteiger partial charge in [-0.2, -0.15) is 0 Å². The number of benzene rings is 1. The second-order valence-corrected chi connectivity index (χ2v) is 5.80. The Labute approximate surface area is 115 Å². The predicted molar refractivity (Wildman–Crippen MR) is 75.5 cm³/mol. The predicted octanol–water partition coefficient (Wildman–Crippen LogP) is 2.62. The van der Waals surface area contributed by atoms with Crippen LogP contribution in [-0.2, 0) is 0 Å². The first-order valence-corrected chi connectivity index (χ1v) is 7.07. The first-order valence-electron chi connectivity index (χ1n) is 5.81. The SMILES string of the molecule is NC1NNC(c2cccc(Cl)c2)C1c1cccs1. The average Bonchev–Trinajstić information content (AvgIpc) is 2.97. The number of hydrogen-bond acceptors (Lipinski definition) is 4. The summed E-state index contributed by atoms with van der Waals surface area (Å²) < 4.78 is 0. The Morgan fingerprint density at radius 1 is 1.17 bits per heavy atom. The number of hydrazine groups is 1. The van der Waals surface area contributed by atoms with Crippen LogP contribution in [0.5, 0.6) is 0 Å². The van der Waals surface area contributed by atoms with Crippen LogP contribution in [0.2, 0.25) is 5.02 Å². The highest BCUT2D eigenvalue weighted by Gasteiger charge is 2.36. The average molecular weight is 280 g/mol. The van der Waals surface area contributed by atoms with Crippen LogP contribution in [-0.4, -0.2) is 6.17 Å². The van der Waals surface area contributed by atoms with E-state index in [1.165, 1.54) is 4.88 Å². The Hall–Kier alpha value is -0.910. The highest BCUT2D eigenvalue weighted by Crippen LogP contribution is 2.37. The summed E-state index contributed by atoms with van der Waals surface area (Å²) in [6.07, 6.45) is -0.0902. The van der Waals surface area contributed by atoms with Crippen LogP contribution in [0.15, 0.2) is 41.8 Å². The summed E-state index contributed by atoms with van der Waals surface area (Å²) in [5, 5.41) is 2.83. The number of rotatable bonds is 2. The monoisotopic (exact) mass is 279 g/mol. The lowest BCUT2D eigenvalue weighted by atomic mass is 9.92. The molecule has 0 spiro atoms. The Bertz CT molecular complexity index is 529. The minimum absolute atomic E-state index is 0.0902. The van der Waals surface area contributed by atoms with Gasteiger partial charge in [0.2, 0.25) is 0 Å². The summed E-state index contributed by atoms with van der Waals surface area (Å²) in [7, 11) is 0. The summed E-state index contributed by atoms with van der Waals surface area (Å²) >= 11 is 7.79. The number of halogens is 1. The van der Waals surface area contributed by atoms with Crippen molar-refractivity contribution in [3.05, 3.63) is 57.2 Å². The van der Waals surface area contributed by atoms with Crippen molar-refractivity contribution in [2.75, 3.05) is 0 Å². The summed E-state index contributed by atoms with van der Waals surface area (Å²) in [5.74, 6) is 0.225. The van der Waals surface area contributed by atoms with E-state index in [4.69, 9.17) is 17.3 Å². The van der Waals surface area contributed by atoms with Gasteiger partial charge in [0.1, 0.15) is 0 Å². The molecule has 1 aromatic carbocycles. The van der Waals surface area contributed by atoms with Crippen LogP contribution in [0.25, 0.3) is 0 Å². The Kier molecular flexibility index (Phi) is 3.37. The topological polar surface area (TPSA) is 50.1 Å². The standard InChI is InChI=1S/C13H14ClN3S/c14-9-4-1-3-8(7-9)12-11(13(15)17-16-12)10-5-2-6-18-10/h1-7,11-13,16-17H,15H2. The molecule has 1 aliphatic heterocycles. The minimum Gasteiger partial charge on any atom is -0.314 e. The zero-order valence-electron chi connectivity index (χ0n) is 9.64. The van der Waals surface area contributed by atoms with E-state index in [1.807, 2.05) is 18.2 Å². The third-order valence-corrected chi connectivity index (χ3v) is 4.44. The molecule has 3 atom stereocenters. The van der Waals surface area contributed by atoms with E-state index >= 15 is 0 Å². The third kappa shape index (κ3) is 2.18. The van der Waals surface area contributed by atoms with Crippen LogP contribution in [0.3, 0.4) is 0 Å². The number of nitrogens with one attached hydrogen (secondary N) is 2. The maximum Gasteiger partial charge on any atom is 0.0775 e. The second-order valence-electron chi connectivity index (χ2n) is 4.39. The maximum absolute atomic E-state index is 6.14. The highest BCUT2D eigenvalue weighted by molar-refractivity contribution is 7.10. The van der Waals surface area contributed by atoms with Crippen LogP contribution < -0.4 is 16.6 Å². The molecule has 1 fully saturated rings. The smallest absolute Gasteiger partial charge is 0.0775 e. The molecule has 0 radical (unpaired) electrons. The zero-order chi connectivity index (χ0) is 12.5. The first kappa shape index (κ1) is 12.1. The molecule has 3 nitrogen and oxygen atoms in total. The fourth-order valence-corrected chi connectivity index (χ4v) is 3.50. The Morgan fingerprint density at radius 3 is 2.78 bits per heavy atom. The molecule has 4 N–H and O–H groups in total. The molecule has 2 heterocycles. The molecule has 1 aromatic heterocycles. The van der Waals surface area contributed by atoms with Crippen LogP contribution in [0, 0.1) is 0 Å². The van der Waals surface area contributed by atoms with Crippen molar-refractivity contribution >= 4 is 22.9 Å². The largest absolute Gasteiger partial charge is 0.314 e. The van der Waals surface area contributed by atoms with Gasteiger partial charge in [-0.15, -0.1) is 11.3 Å². The van der Waals surface area contributed by atoms with Crippen molar-refractivity contribution in [3.63, 3.8) is 0 Å². The zero-order valence-corrected chi connectivity index (χ0v) is 11.2. The number of thiophene rings is 1. The molecule has 94 valence electrons. The van der Waals surface area contributed by atoms with E-state index in [2.05, 4.69) is 34.4 Å². The van der Waals surface area contributed by atoms with E-state index < -0.39 is 0 Å². The Morgan fingerprint density at radius 2 is 2.06 bits per heavy atom. The highest BCUT2D eigenvalue weighted by atomic mass is 35.5. The number of nitrogens with two attached hydrogens (primary N) is 1. The van der Waals surface area contributed by atoms with Gasteiger partial charge in [0.25, 0.3) is 0 Å². The molecule has 0 aliphatic carbocycles. The van der Waals surface area contributed by atoms with Gasteiger partial charge in [-0.1, -0.05) is 29.8 Å². The van der Waals surface area contributed by atoms with Crippen molar-refractivity contribution in [2.45, 2.75) is 18.1 Å². The molecule has 1 saturated heterocycles. The molecular weight excluding hydrogens is 266 g/mol. The van der Waals surface area contributed by atoms with E-state index in [1.54, 1.807) is 11.3 Å².